The third kappa shape index (κ3) is 2.99. The van der Waals surface area contributed by atoms with Crippen LogP contribution >= 0.6 is 18.1 Å². The molecule has 114 valence electrons. The minimum absolute atomic E-state index is 0.423. The van der Waals surface area contributed by atoms with Gasteiger partial charge in [-0.3, -0.25) is 4.67 Å². The van der Waals surface area contributed by atoms with E-state index in [0.29, 0.717) is 12.3 Å². The Morgan fingerprint density at radius 1 is 1.14 bits per heavy atom. The number of ether oxygens (including phenoxy) is 1. The summed E-state index contributed by atoms with van der Waals surface area (Å²) in [5, 5.41) is 0. The van der Waals surface area contributed by atoms with Crippen LogP contribution in [0.5, 0.6) is 5.75 Å². The Hall–Kier alpha value is -1.90. The Morgan fingerprint density at radius 2 is 1.82 bits per heavy atom. The molecule has 0 spiro atoms. The van der Waals surface area contributed by atoms with E-state index in [4.69, 9.17) is 20.5 Å². The van der Waals surface area contributed by atoms with Crippen molar-refractivity contribution >= 4 is 29.6 Å². The Kier molecular flexibility index (Phi) is 4.14. The molecule has 1 atom stereocenters. The van der Waals surface area contributed by atoms with Crippen LogP contribution in [0.1, 0.15) is 5.56 Å². The van der Waals surface area contributed by atoms with Crippen molar-refractivity contribution in [2.24, 2.45) is 0 Å². The largest absolute Gasteiger partial charge is 0.497 e. The van der Waals surface area contributed by atoms with E-state index in [1.807, 2.05) is 60.7 Å². The van der Waals surface area contributed by atoms with Gasteiger partial charge in [0.25, 0.3) is 0 Å². The Morgan fingerprint density at radius 3 is 2.41 bits per heavy atom. The zero-order valence-corrected chi connectivity index (χ0v) is 13.6. The van der Waals surface area contributed by atoms with Crippen LogP contribution in [0.25, 0.3) is 5.76 Å². The molecule has 0 fully saturated rings. The smallest absolute Gasteiger partial charge is 0.438 e. The van der Waals surface area contributed by atoms with Crippen LogP contribution in [-0.2, 0) is 9.09 Å². The van der Waals surface area contributed by atoms with Crippen molar-refractivity contribution in [3.05, 3.63) is 66.2 Å². The lowest BCUT2D eigenvalue weighted by molar-refractivity contribution is 0.414. The van der Waals surface area contributed by atoms with Crippen molar-refractivity contribution in [1.82, 2.24) is 0 Å². The molecule has 1 heterocycles. The van der Waals surface area contributed by atoms with E-state index in [1.54, 1.807) is 11.8 Å². The number of halogens is 1. The molecular weight excluding hydrogens is 321 g/mol. The molecule has 0 aromatic heterocycles. The summed E-state index contributed by atoms with van der Waals surface area (Å²) in [4.78, 5) is 0. The maximum absolute atomic E-state index is 12.7. The first-order valence-electron chi connectivity index (χ1n) is 6.77. The van der Waals surface area contributed by atoms with Gasteiger partial charge >= 0.3 is 6.87 Å². The highest BCUT2D eigenvalue weighted by Crippen LogP contribution is 2.61. The second kappa shape index (κ2) is 6.07. The first-order chi connectivity index (χ1) is 10.6. The van der Waals surface area contributed by atoms with Gasteiger partial charge in [0.05, 0.1) is 13.7 Å². The summed E-state index contributed by atoms with van der Waals surface area (Å²) in [6.07, 6.45) is 1.87. The van der Waals surface area contributed by atoms with E-state index in [1.165, 1.54) is 0 Å². The number of benzene rings is 2. The first kappa shape index (κ1) is 15.0. The van der Waals surface area contributed by atoms with Gasteiger partial charge in [-0.25, -0.2) is 4.57 Å². The monoisotopic (exact) mass is 335 g/mol. The van der Waals surface area contributed by atoms with E-state index in [9.17, 15) is 4.57 Å². The summed E-state index contributed by atoms with van der Waals surface area (Å²) in [5.41, 5.74) is 1.58. The summed E-state index contributed by atoms with van der Waals surface area (Å²) in [6.45, 7) is -3.03. The van der Waals surface area contributed by atoms with Gasteiger partial charge in [-0.2, -0.15) is 0 Å². The lowest BCUT2D eigenvalue weighted by Crippen LogP contribution is -2.22. The number of hydrogen-bond acceptors (Lipinski definition) is 3. The van der Waals surface area contributed by atoms with Crippen molar-refractivity contribution in [2.75, 3.05) is 18.3 Å². The number of methoxy groups -OCH3 is 1. The zero-order valence-electron chi connectivity index (χ0n) is 12.0. The van der Waals surface area contributed by atoms with Gasteiger partial charge in [-0.1, -0.05) is 18.2 Å². The molecule has 0 bridgehead atoms. The maximum Gasteiger partial charge on any atom is 0.438 e. The van der Waals surface area contributed by atoms with Gasteiger partial charge < -0.3 is 9.26 Å². The molecule has 0 amide bonds. The molecule has 0 N–H and O–H groups in total. The fourth-order valence-electron chi connectivity index (χ4n) is 2.24. The van der Waals surface area contributed by atoms with Gasteiger partial charge in [0.2, 0.25) is 0 Å². The lowest BCUT2D eigenvalue weighted by atomic mass is 10.1. The summed E-state index contributed by atoms with van der Waals surface area (Å²) in [6, 6.07) is 16.7. The zero-order chi connectivity index (χ0) is 15.6. The van der Waals surface area contributed by atoms with E-state index >= 15 is 0 Å². The molecule has 0 saturated heterocycles. The molecule has 3 rings (SSSR count). The van der Waals surface area contributed by atoms with Gasteiger partial charge in [0, 0.05) is 22.5 Å². The van der Waals surface area contributed by atoms with Gasteiger partial charge in [-0.05, 0) is 42.5 Å². The van der Waals surface area contributed by atoms with Gasteiger partial charge in [0.1, 0.15) is 11.5 Å². The first-order valence-corrected chi connectivity index (χ1v) is 9.25. The molecule has 1 unspecified atom stereocenters. The summed E-state index contributed by atoms with van der Waals surface area (Å²) in [7, 11) is 1.61. The number of rotatable bonds is 3. The molecule has 22 heavy (non-hydrogen) atoms. The third-order valence-electron chi connectivity index (χ3n) is 3.38. The van der Waals surface area contributed by atoms with Crippen molar-refractivity contribution < 1.29 is 13.8 Å². The average Bonchev–Trinajstić information content (AvgIpc) is 2.55. The number of nitrogens with zero attached hydrogens (tertiary/aromatic N) is 1. The van der Waals surface area contributed by atoms with E-state index < -0.39 is 6.87 Å². The highest BCUT2D eigenvalue weighted by atomic mass is 35.7. The van der Waals surface area contributed by atoms with Crippen LogP contribution in [0.15, 0.2) is 60.7 Å². The molecular formula is C16H15ClNO3P. The van der Waals surface area contributed by atoms with Crippen LogP contribution in [0.3, 0.4) is 0 Å². The molecule has 1 aliphatic rings. The normalized spacial score (nSPS) is 21.0. The average molecular weight is 336 g/mol. The molecule has 2 aromatic carbocycles. The van der Waals surface area contributed by atoms with Crippen molar-refractivity contribution in [2.45, 2.75) is 0 Å². The van der Waals surface area contributed by atoms with Gasteiger partial charge in [0.15, 0.2) is 0 Å². The number of para-hydroxylation sites is 1. The quantitative estimate of drug-likeness (QED) is 0.746. The summed E-state index contributed by atoms with van der Waals surface area (Å²) < 4.78 is 24.9. The SMILES string of the molecule is COc1ccc(C2=CCN(c3ccccc3)P(=O)(Cl)O2)cc1. The van der Waals surface area contributed by atoms with E-state index in [0.717, 1.165) is 17.0 Å². The molecule has 2 aromatic rings. The van der Waals surface area contributed by atoms with Crippen LogP contribution in [0, 0.1) is 0 Å². The minimum atomic E-state index is -3.45. The van der Waals surface area contributed by atoms with Crippen LogP contribution < -0.4 is 9.41 Å². The highest BCUT2D eigenvalue weighted by molar-refractivity contribution is 7.86. The fraction of sp³-hybridized carbons (Fsp3) is 0.125. The molecule has 0 radical (unpaired) electrons. The molecule has 6 heteroatoms. The Bertz CT molecular complexity index is 731. The molecule has 4 nitrogen and oxygen atoms in total. The maximum atomic E-state index is 12.7. The highest BCUT2D eigenvalue weighted by Gasteiger charge is 2.35. The van der Waals surface area contributed by atoms with Crippen LogP contribution in [0.4, 0.5) is 5.69 Å². The standard InChI is InChI=1S/C16H15ClNO3P/c1-20-15-9-7-13(8-10-15)16-11-12-18(22(17,19)21-16)14-5-3-2-4-6-14/h2-11H,12H2,1H3. The second-order valence-corrected chi connectivity index (χ2v) is 7.61. The van der Waals surface area contributed by atoms with Crippen molar-refractivity contribution in [3.63, 3.8) is 0 Å². The molecule has 0 aliphatic carbocycles. The van der Waals surface area contributed by atoms with Crippen LogP contribution in [-0.4, -0.2) is 13.7 Å². The third-order valence-corrected chi connectivity index (χ3v) is 5.53. The Balaban J connectivity index is 1.88. The second-order valence-electron chi connectivity index (χ2n) is 4.76. The van der Waals surface area contributed by atoms with E-state index in [2.05, 4.69) is 0 Å². The minimum Gasteiger partial charge on any atom is -0.497 e. The molecule has 0 saturated carbocycles. The predicted molar refractivity (Wildman–Crippen MR) is 89.3 cm³/mol. The number of anilines is 1. The van der Waals surface area contributed by atoms with Gasteiger partial charge in [-0.15, -0.1) is 0 Å². The van der Waals surface area contributed by atoms with Crippen molar-refractivity contribution in [1.29, 1.82) is 0 Å². The summed E-state index contributed by atoms with van der Waals surface area (Å²) >= 11 is 6.17. The van der Waals surface area contributed by atoms with Crippen LogP contribution in [0.2, 0.25) is 0 Å². The Labute approximate surface area is 134 Å². The van der Waals surface area contributed by atoms with E-state index in [-0.39, 0.29) is 0 Å². The summed E-state index contributed by atoms with van der Waals surface area (Å²) in [5.74, 6) is 1.27. The fourth-order valence-corrected chi connectivity index (χ4v) is 4.12. The van der Waals surface area contributed by atoms with Crippen molar-refractivity contribution in [3.8, 4) is 5.75 Å². The topological polar surface area (TPSA) is 38.8 Å². The molecule has 1 aliphatic heterocycles. The number of hydrogen-bond donors (Lipinski definition) is 0. The predicted octanol–water partition coefficient (Wildman–Crippen LogP) is 4.92. The lowest BCUT2D eigenvalue weighted by Gasteiger charge is -2.32.